The van der Waals surface area contributed by atoms with Crippen LogP contribution in [0.25, 0.3) is 0 Å². The van der Waals surface area contributed by atoms with Crippen LogP contribution in [-0.4, -0.2) is 46.2 Å². The van der Waals surface area contributed by atoms with Gasteiger partial charge in [0, 0.05) is 6.42 Å². The van der Waals surface area contributed by atoms with Crippen LogP contribution in [0.1, 0.15) is 13.3 Å². The van der Waals surface area contributed by atoms with Gasteiger partial charge in [-0.05, 0) is 6.92 Å². The Morgan fingerprint density at radius 3 is 2.36 bits per heavy atom. The van der Waals surface area contributed by atoms with E-state index in [2.05, 4.69) is 21.0 Å². The van der Waals surface area contributed by atoms with Gasteiger partial charge in [-0.1, -0.05) is 0 Å². The highest BCUT2D eigenvalue weighted by atomic mass is 32.2. The van der Waals surface area contributed by atoms with Gasteiger partial charge in [0.2, 0.25) is 0 Å². The maximum Gasteiger partial charge on any atom is 0.153 e. The smallest absolute Gasteiger partial charge is 0.153 e. The standard InChI is InChI=1S/C7H17NO2S/c1-4-8(2,3)6-5-7-11(9)10/h4-7H2,1-3H3/p+1. The van der Waals surface area contributed by atoms with E-state index in [-0.39, 0.29) is 0 Å². The Bertz CT molecular complexity index is 136. The Morgan fingerprint density at radius 1 is 1.45 bits per heavy atom. The second-order valence-electron chi connectivity index (χ2n) is 3.35. The minimum atomic E-state index is -1.61. The summed E-state index contributed by atoms with van der Waals surface area (Å²) in [5.74, 6) is 0.404. The summed E-state index contributed by atoms with van der Waals surface area (Å²) in [6.07, 6.45) is 0.823. The summed E-state index contributed by atoms with van der Waals surface area (Å²) in [6.45, 7) is 4.16. The maximum atomic E-state index is 10.3. The van der Waals surface area contributed by atoms with Gasteiger partial charge in [0.25, 0.3) is 0 Å². The van der Waals surface area contributed by atoms with Crippen molar-refractivity contribution < 1.29 is 13.2 Å². The molecule has 68 valence electrons. The first-order valence-electron chi connectivity index (χ1n) is 3.87. The number of nitrogens with zero attached hydrogens (tertiary/aromatic N) is 1. The second kappa shape index (κ2) is 4.85. The van der Waals surface area contributed by atoms with Crippen LogP contribution in [0.4, 0.5) is 0 Å². The Kier molecular flexibility index (Phi) is 4.88. The molecule has 1 unspecified atom stereocenters. The average Bonchev–Trinajstić information content (AvgIpc) is 1.87. The number of hydrogen-bond donors (Lipinski definition) is 1. The van der Waals surface area contributed by atoms with Gasteiger partial charge in [-0.25, -0.2) is 4.21 Å². The van der Waals surface area contributed by atoms with Gasteiger partial charge >= 0.3 is 0 Å². The van der Waals surface area contributed by atoms with Crippen LogP contribution < -0.4 is 0 Å². The van der Waals surface area contributed by atoms with E-state index in [4.69, 9.17) is 4.55 Å². The van der Waals surface area contributed by atoms with Crippen molar-refractivity contribution in [2.75, 3.05) is 32.9 Å². The molecule has 0 amide bonds. The van der Waals surface area contributed by atoms with Crippen molar-refractivity contribution in [1.29, 1.82) is 0 Å². The molecule has 3 nitrogen and oxygen atoms in total. The molecule has 0 aromatic heterocycles. The lowest BCUT2D eigenvalue weighted by Crippen LogP contribution is -2.40. The minimum Gasteiger partial charge on any atom is -0.329 e. The van der Waals surface area contributed by atoms with Crippen LogP contribution in [0, 0.1) is 0 Å². The zero-order valence-electron chi connectivity index (χ0n) is 7.54. The fourth-order valence-corrected chi connectivity index (χ4v) is 1.15. The molecular formula is C7H18NO2S+. The molecule has 0 aliphatic carbocycles. The third-order valence-electron chi connectivity index (χ3n) is 1.94. The molecule has 1 atom stereocenters. The van der Waals surface area contributed by atoms with Crippen molar-refractivity contribution in [3.63, 3.8) is 0 Å². The molecule has 0 rings (SSSR count). The summed E-state index contributed by atoms with van der Waals surface area (Å²) in [4.78, 5) is 0. The zero-order valence-corrected chi connectivity index (χ0v) is 8.36. The maximum absolute atomic E-state index is 10.3. The molecule has 0 aliphatic heterocycles. The molecule has 0 bridgehead atoms. The Hall–Kier alpha value is 0.0700. The number of rotatable bonds is 5. The first kappa shape index (κ1) is 11.1. The lowest BCUT2D eigenvalue weighted by molar-refractivity contribution is -0.888. The molecule has 4 heteroatoms. The largest absolute Gasteiger partial charge is 0.329 e. The van der Waals surface area contributed by atoms with Crippen molar-refractivity contribution in [3.05, 3.63) is 0 Å². The summed E-state index contributed by atoms with van der Waals surface area (Å²) in [5, 5.41) is 0. The van der Waals surface area contributed by atoms with Gasteiger partial charge in [-0.2, -0.15) is 0 Å². The SMILES string of the molecule is CC[N+](C)(C)CCCS(=O)O. The lowest BCUT2D eigenvalue weighted by atomic mass is 10.4. The van der Waals surface area contributed by atoms with Crippen molar-refractivity contribution in [2.45, 2.75) is 13.3 Å². The van der Waals surface area contributed by atoms with Gasteiger partial charge in [-0.15, -0.1) is 0 Å². The van der Waals surface area contributed by atoms with Crippen LogP contribution in [-0.2, 0) is 11.1 Å². The van der Waals surface area contributed by atoms with E-state index in [1.165, 1.54) is 0 Å². The van der Waals surface area contributed by atoms with E-state index in [0.717, 1.165) is 24.0 Å². The highest BCUT2D eigenvalue weighted by molar-refractivity contribution is 7.79. The zero-order chi connectivity index (χ0) is 8.91. The number of quaternary nitrogens is 1. The van der Waals surface area contributed by atoms with Gasteiger partial charge in [0.05, 0.1) is 32.9 Å². The molecule has 0 heterocycles. The third kappa shape index (κ3) is 6.47. The Labute approximate surface area is 71.3 Å². The third-order valence-corrected chi connectivity index (χ3v) is 2.58. The van der Waals surface area contributed by atoms with Crippen LogP contribution in [0.2, 0.25) is 0 Å². The number of hydrogen-bond acceptors (Lipinski definition) is 1. The molecule has 1 N–H and O–H groups in total. The van der Waals surface area contributed by atoms with E-state index < -0.39 is 11.1 Å². The highest BCUT2D eigenvalue weighted by Crippen LogP contribution is 1.98. The molecular weight excluding hydrogens is 162 g/mol. The first-order chi connectivity index (χ1) is 4.98. The Balaban J connectivity index is 3.45. The predicted octanol–water partition coefficient (Wildman–Crippen LogP) is 0.695. The summed E-state index contributed by atoms with van der Waals surface area (Å²) in [5.41, 5.74) is 0. The van der Waals surface area contributed by atoms with E-state index in [0.29, 0.717) is 5.75 Å². The molecule has 0 aromatic rings. The highest BCUT2D eigenvalue weighted by Gasteiger charge is 2.10. The topological polar surface area (TPSA) is 37.3 Å². The quantitative estimate of drug-likeness (QED) is 0.499. The molecule has 0 aromatic carbocycles. The molecule has 0 spiro atoms. The monoisotopic (exact) mass is 180 g/mol. The molecule has 0 saturated carbocycles. The fraction of sp³-hybridized carbons (Fsp3) is 1.00. The van der Waals surface area contributed by atoms with Crippen molar-refractivity contribution in [2.24, 2.45) is 0 Å². The molecule has 0 aliphatic rings. The minimum absolute atomic E-state index is 0.404. The van der Waals surface area contributed by atoms with Crippen molar-refractivity contribution in [1.82, 2.24) is 0 Å². The molecule has 0 radical (unpaired) electrons. The average molecular weight is 180 g/mol. The van der Waals surface area contributed by atoms with Crippen LogP contribution >= 0.6 is 0 Å². The fourth-order valence-electron chi connectivity index (χ4n) is 0.774. The molecule has 0 fully saturated rings. The lowest BCUT2D eigenvalue weighted by Gasteiger charge is -2.27. The van der Waals surface area contributed by atoms with Gasteiger partial charge < -0.3 is 9.04 Å². The Morgan fingerprint density at radius 2 is 2.00 bits per heavy atom. The van der Waals surface area contributed by atoms with Crippen molar-refractivity contribution >= 4 is 11.1 Å². The van der Waals surface area contributed by atoms with E-state index in [1.54, 1.807) is 0 Å². The van der Waals surface area contributed by atoms with Crippen LogP contribution in [0.15, 0.2) is 0 Å². The second-order valence-corrected chi connectivity index (χ2v) is 4.41. The van der Waals surface area contributed by atoms with E-state index in [9.17, 15) is 4.21 Å². The van der Waals surface area contributed by atoms with E-state index >= 15 is 0 Å². The van der Waals surface area contributed by atoms with Crippen molar-refractivity contribution in [3.8, 4) is 0 Å². The van der Waals surface area contributed by atoms with Gasteiger partial charge in [0.15, 0.2) is 11.1 Å². The summed E-state index contributed by atoms with van der Waals surface area (Å²) in [7, 11) is 4.25. The van der Waals surface area contributed by atoms with Crippen LogP contribution in [0.5, 0.6) is 0 Å². The summed E-state index contributed by atoms with van der Waals surface area (Å²) < 4.78 is 19.7. The predicted molar refractivity (Wildman–Crippen MR) is 47.8 cm³/mol. The van der Waals surface area contributed by atoms with E-state index in [1.807, 2.05) is 0 Å². The normalized spacial score (nSPS) is 14.9. The summed E-state index contributed by atoms with van der Waals surface area (Å²) >= 11 is -1.61. The molecule has 0 saturated heterocycles. The van der Waals surface area contributed by atoms with Gasteiger partial charge in [0.1, 0.15) is 0 Å². The van der Waals surface area contributed by atoms with Gasteiger partial charge in [-0.3, -0.25) is 0 Å². The summed E-state index contributed by atoms with van der Waals surface area (Å²) in [6, 6.07) is 0. The van der Waals surface area contributed by atoms with Crippen LogP contribution in [0.3, 0.4) is 0 Å². The first-order valence-corrected chi connectivity index (χ1v) is 5.15. The molecule has 11 heavy (non-hydrogen) atoms.